The summed E-state index contributed by atoms with van der Waals surface area (Å²) in [6.45, 7) is 0.686. The quantitative estimate of drug-likeness (QED) is 0.747. The Bertz CT molecular complexity index is 476. The molecule has 21 heavy (non-hydrogen) atoms. The number of aryl methyl sites for hydroxylation is 1. The number of nitrogens with two attached hydrogens (primary N) is 1. The van der Waals surface area contributed by atoms with Crippen molar-refractivity contribution >= 4 is 11.8 Å². The van der Waals surface area contributed by atoms with Gasteiger partial charge in [0.25, 0.3) is 0 Å². The van der Waals surface area contributed by atoms with Crippen LogP contribution in [0.25, 0.3) is 0 Å². The van der Waals surface area contributed by atoms with Gasteiger partial charge in [0, 0.05) is 6.54 Å². The summed E-state index contributed by atoms with van der Waals surface area (Å²) in [4.78, 5) is 23.9. The first kappa shape index (κ1) is 15.5. The SMILES string of the molecule is NC(CCc1ccccc1)C(=O)NC1CCCCNC1=O. The smallest absolute Gasteiger partial charge is 0.242 e. The molecule has 2 atom stereocenters. The van der Waals surface area contributed by atoms with Gasteiger partial charge in [-0.15, -0.1) is 0 Å². The molecule has 0 saturated carbocycles. The molecule has 0 bridgehead atoms. The van der Waals surface area contributed by atoms with Crippen LogP contribution in [0.1, 0.15) is 31.2 Å². The zero-order chi connectivity index (χ0) is 15.1. The van der Waals surface area contributed by atoms with Crippen LogP contribution in [0.2, 0.25) is 0 Å². The van der Waals surface area contributed by atoms with E-state index in [1.165, 1.54) is 0 Å². The van der Waals surface area contributed by atoms with Gasteiger partial charge in [0.15, 0.2) is 0 Å². The summed E-state index contributed by atoms with van der Waals surface area (Å²) >= 11 is 0. The number of carbonyl (C=O) groups excluding carboxylic acids is 2. The van der Waals surface area contributed by atoms with Gasteiger partial charge in [-0.05, 0) is 37.7 Å². The van der Waals surface area contributed by atoms with Crippen molar-refractivity contribution in [2.75, 3.05) is 6.54 Å². The number of nitrogens with one attached hydrogen (secondary N) is 2. The fraction of sp³-hybridized carbons (Fsp3) is 0.500. The Labute approximate surface area is 125 Å². The second kappa shape index (κ2) is 7.78. The zero-order valence-electron chi connectivity index (χ0n) is 12.2. The molecule has 4 N–H and O–H groups in total. The predicted octanol–water partition coefficient (Wildman–Crippen LogP) is 0.731. The summed E-state index contributed by atoms with van der Waals surface area (Å²) < 4.78 is 0. The minimum absolute atomic E-state index is 0.101. The van der Waals surface area contributed by atoms with Crippen molar-refractivity contribution in [2.24, 2.45) is 5.73 Å². The van der Waals surface area contributed by atoms with E-state index >= 15 is 0 Å². The highest BCUT2D eigenvalue weighted by molar-refractivity contribution is 5.89. The van der Waals surface area contributed by atoms with Crippen molar-refractivity contribution < 1.29 is 9.59 Å². The molecule has 1 aliphatic rings. The summed E-state index contributed by atoms with van der Waals surface area (Å²) in [6, 6.07) is 8.91. The van der Waals surface area contributed by atoms with E-state index < -0.39 is 12.1 Å². The maximum absolute atomic E-state index is 12.1. The molecule has 114 valence electrons. The van der Waals surface area contributed by atoms with Crippen LogP contribution in [0.3, 0.4) is 0 Å². The number of benzene rings is 1. The molecule has 0 aromatic heterocycles. The molecule has 5 nitrogen and oxygen atoms in total. The van der Waals surface area contributed by atoms with Crippen LogP contribution in [0, 0.1) is 0 Å². The molecule has 1 heterocycles. The van der Waals surface area contributed by atoms with Crippen molar-refractivity contribution in [1.82, 2.24) is 10.6 Å². The lowest BCUT2D eigenvalue weighted by Crippen LogP contribution is -2.50. The van der Waals surface area contributed by atoms with Crippen LogP contribution in [0.4, 0.5) is 0 Å². The fourth-order valence-corrected chi connectivity index (χ4v) is 2.45. The molecular weight excluding hydrogens is 266 g/mol. The number of amides is 2. The molecule has 5 heteroatoms. The second-order valence-electron chi connectivity index (χ2n) is 5.48. The highest BCUT2D eigenvalue weighted by Gasteiger charge is 2.24. The molecule has 2 unspecified atom stereocenters. The van der Waals surface area contributed by atoms with E-state index in [1.54, 1.807) is 0 Å². The van der Waals surface area contributed by atoms with Crippen molar-refractivity contribution in [3.8, 4) is 0 Å². The van der Waals surface area contributed by atoms with Crippen molar-refractivity contribution in [2.45, 2.75) is 44.2 Å². The van der Waals surface area contributed by atoms with E-state index in [0.29, 0.717) is 19.4 Å². The third kappa shape index (κ3) is 4.86. The van der Waals surface area contributed by atoms with Crippen LogP contribution in [0.5, 0.6) is 0 Å². The van der Waals surface area contributed by atoms with E-state index in [4.69, 9.17) is 5.73 Å². The number of rotatable bonds is 5. The molecule has 0 radical (unpaired) electrons. The molecular formula is C16H23N3O2. The predicted molar refractivity (Wildman–Crippen MR) is 81.5 cm³/mol. The highest BCUT2D eigenvalue weighted by atomic mass is 16.2. The molecule has 2 rings (SSSR count). The van der Waals surface area contributed by atoms with Crippen LogP contribution < -0.4 is 16.4 Å². The lowest BCUT2D eigenvalue weighted by Gasteiger charge is -2.18. The Morgan fingerprint density at radius 2 is 2.10 bits per heavy atom. The van der Waals surface area contributed by atoms with Gasteiger partial charge in [0.05, 0.1) is 6.04 Å². The van der Waals surface area contributed by atoms with Crippen LogP contribution in [0.15, 0.2) is 30.3 Å². The monoisotopic (exact) mass is 289 g/mol. The topological polar surface area (TPSA) is 84.2 Å². The van der Waals surface area contributed by atoms with E-state index in [1.807, 2.05) is 30.3 Å². The standard InChI is InChI=1S/C16H23N3O2/c17-13(10-9-12-6-2-1-3-7-12)15(20)19-14-8-4-5-11-18-16(14)21/h1-3,6-7,13-14H,4-5,8-11,17H2,(H,18,21)(H,19,20). The number of hydrogen-bond acceptors (Lipinski definition) is 3. The Kier molecular flexibility index (Phi) is 5.75. The summed E-state index contributed by atoms with van der Waals surface area (Å²) in [6.07, 6.45) is 3.90. The van der Waals surface area contributed by atoms with Gasteiger partial charge in [0.1, 0.15) is 6.04 Å². The Balaban J connectivity index is 1.80. The maximum Gasteiger partial charge on any atom is 0.242 e. The summed E-state index contributed by atoms with van der Waals surface area (Å²) in [5.41, 5.74) is 7.08. The Morgan fingerprint density at radius 3 is 2.86 bits per heavy atom. The average Bonchev–Trinajstić information content (AvgIpc) is 2.71. The maximum atomic E-state index is 12.1. The molecule has 1 aromatic carbocycles. The summed E-state index contributed by atoms with van der Waals surface area (Å²) in [7, 11) is 0. The first-order valence-electron chi connectivity index (χ1n) is 7.54. The van der Waals surface area contributed by atoms with Gasteiger partial charge in [-0.3, -0.25) is 9.59 Å². The fourth-order valence-electron chi connectivity index (χ4n) is 2.45. The van der Waals surface area contributed by atoms with Crippen LogP contribution >= 0.6 is 0 Å². The van der Waals surface area contributed by atoms with Crippen LogP contribution in [-0.2, 0) is 16.0 Å². The highest BCUT2D eigenvalue weighted by Crippen LogP contribution is 2.07. The molecule has 1 aliphatic heterocycles. The van der Waals surface area contributed by atoms with Crippen LogP contribution in [-0.4, -0.2) is 30.4 Å². The molecule has 1 saturated heterocycles. The van der Waals surface area contributed by atoms with Gasteiger partial charge >= 0.3 is 0 Å². The molecule has 1 aromatic rings. The van der Waals surface area contributed by atoms with E-state index in [9.17, 15) is 9.59 Å². The Morgan fingerprint density at radius 1 is 1.33 bits per heavy atom. The minimum Gasteiger partial charge on any atom is -0.354 e. The van der Waals surface area contributed by atoms with E-state index in [-0.39, 0.29) is 11.8 Å². The third-order valence-electron chi connectivity index (χ3n) is 3.78. The molecule has 1 fully saturated rings. The van der Waals surface area contributed by atoms with Gasteiger partial charge in [0.2, 0.25) is 11.8 Å². The molecule has 0 spiro atoms. The van der Waals surface area contributed by atoms with Gasteiger partial charge in [-0.2, -0.15) is 0 Å². The lowest BCUT2D eigenvalue weighted by molar-refractivity contribution is -0.129. The Hall–Kier alpha value is -1.88. The minimum atomic E-state index is -0.582. The van der Waals surface area contributed by atoms with Crippen molar-refractivity contribution in [3.63, 3.8) is 0 Å². The number of hydrogen-bond donors (Lipinski definition) is 3. The first-order valence-corrected chi connectivity index (χ1v) is 7.54. The molecule has 0 aliphatic carbocycles. The van der Waals surface area contributed by atoms with Gasteiger partial charge in [-0.1, -0.05) is 30.3 Å². The first-order chi connectivity index (χ1) is 10.2. The van der Waals surface area contributed by atoms with Crippen molar-refractivity contribution in [3.05, 3.63) is 35.9 Å². The summed E-state index contributed by atoms with van der Waals surface area (Å²) in [5.74, 6) is -0.343. The third-order valence-corrected chi connectivity index (χ3v) is 3.78. The van der Waals surface area contributed by atoms with Gasteiger partial charge < -0.3 is 16.4 Å². The van der Waals surface area contributed by atoms with E-state index in [2.05, 4.69) is 10.6 Å². The average molecular weight is 289 g/mol. The summed E-state index contributed by atoms with van der Waals surface area (Å²) in [5, 5.41) is 5.57. The van der Waals surface area contributed by atoms with Crippen molar-refractivity contribution in [1.29, 1.82) is 0 Å². The largest absolute Gasteiger partial charge is 0.354 e. The zero-order valence-corrected chi connectivity index (χ0v) is 12.2. The van der Waals surface area contributed by atoms with Gasteiger partial charge in [-0.25, -0.2) is 0 Å². The molecule has 2 amide bonds. The number of carbonyl (C=O) groups is 2. The normalized spacial score (nSPS) is 20.2. The second-order valence-corrected chi connectivity index (χ2v) is 5.48. The van der Waals surface area contributed by atoms with E-state index in [0.717, 1.165) is 24.8 Å². The lowest BCUT2D eigenvalue weighted by atomic mass is 10.0.